The molecule has 30 heavy (non-hydrogen) atoms. The quantitative estimate of drug-likeness (QED) is 0.337. The van der Waals surface area contributed by atoms with Gasteiger partial charge in [0.25, 0.3) is 0 Å². The third-order valence-corrected chi connectivity index (χ3v) is 3.77. The minimum atomic E-state index is -0.882. The summed E-state index contributed by atoms with van der Waals surface area (Å²) in [4.78, 5) is 44.6. The lowest BCUT2D eigenvalue weighted by atomic mass is 9.93. The van der Waals surface area contributed by atoms with Gasteiger partial charge in [-0.2, -0.15) is 4.89 Å². The van der Waals surface area contributed by atoms with Gasteiger partial charge >= 0.3 is 5.97 Å². The average Bonchev–Trinajstić information content (AvgIpc) is 2.63. The van der Waals surface area contributed by atoms with Gasteiger partial charge in [0.1, 0.15) is 12.2 Å². The van der Waals surface area contributed by atoms with E-state index >= 15 is 0 Å². The van der Waals surface area contributed by atoms with E-state index in [1.807, 2.05) is 68.4 Å². The Morgan fingerprint density at radius 2 is 1.27 bits per heavy atom. The minimum absolute atomic E-state index is 0.0160. The molecule has 0 saturated heterocycles. The summed E-state index contributed by atoms with van der Waals surface area (Å²) in [5.74, 6) is -0.572. The molecule has 1 unspecified atom stereocenters. The second-order valence-corrected chi connectivity index (χ2v) is 10.3. The number of carbonyl (C=O) groups excluding carboxylic acids is 1. The van der Waals surface area contributed by atoms with E-state index in [1.54, 1.807) is 24.3 Å². The molecule has 0 radical (unpaired) electrons. The zero-order valence-electron chi connectivity index (χ0n) is 19.9. The van der Waals surface area contributed by atoms with E-state index in [0.29, 0.717) is 18.4 Å². The van der Waals surface area contributed by atoms with E-state index in [2.05, 4.69) is 0 Å². The lowest BCUT2D eigenvalue weighted by Gasteiger charge is -2.34. The molecule has 0 aromatic heterocycles. The van der Waals surface area contributed by atoms with Crippen LogP contribution in [0, 0.1) is 0 Å². The van der Waals surface area contributed by atoms with E-state index in [9.17, 15) is 4.79 Å². The van der Waals surface area contributed by atoms with E-state index in [1.165, 1.54) is 0 Å². The number of benzene rings is 1. The Hall–Kier alpha value is -1.51. The van der Waals surface area contributed by atoms with Crippen molar-refractivity contribution in [3.63, 3.8) is 0 Å². The molecule has 0 heterocycles. The molecule has 0 N–H and O–H groups in total. The van der Waals surface area contributed by atoms with Gasteiger partial charge in [-0.1, -0.05) is 18.2 Å². The molecule has 7 nitrogen and oxygen atoms in total. The van der Waals surface area contributed by atoms with Crippen molar-refractivity contribution in [3.05, 3.63) is 35.9 Å². The largest absolute Gasteiger partial charge is 0.373 e. The summed E-state index contributed by atoms with van der Waals surface area (Å²) in [6.45, 7) is 17.1. The molecule has 0 saturated carbocycles. The second kappa shape index (κ2) is 10.7. The van der Waals surface area contributed by atoms with Crippen LogP contribution in [0.1, 0.15) is 85.5 Å². The van der Waals surface area contributed by atoms with Crippen molar-refractivity contribution in [3.8, 4) is 0 Å². The van der Waals surface area contributed by atoms with Crippen LogP contribution < -0.4 is 0 Å². The van der Waals surface area contributed by atoms with Gasteiger partial charge in [-0.15, -0.1) is 0 Å². The topological polar surface area (TPSA) is 72.5 Å². The molecule has 1 aromatic rings. The fourth-order valence-corrected chi connectivity index (χ4v) is 2.04. The number of rotatable bonds is 11. The SMILES string of the molecule is CC(C)(C)OOC(C)(C)CCC(C)(COOC(=O)c1ccccc1)OOC(C)(C)C. The first-order valence-electron chi connectivity index (χ1n) is 10.2. The molecule has 7 heteroatoms. The number of carbonyl (C=O) groups is 1. The summed E-state index contributed by atoms with van der Waals surface area (Å²) >= 11 is 0. The molecule has 0 aliphatic heterocycles. The van der Waals surface area contributed by atoms with Gasteiger partial charge in [0, 0.05) is 0 Å². The Balaban J connectivity index is 2.69. The maximum Gasteiger partial charge on any atom is 0.373 e. The third-order valence-electron chi connectivity index (χ3n) is 3.77. The first-order chi connectivity index (χ1) is 13.6. The Morgan fingerprint density at radius 3 is 1.80 bits per heavy atom. The van der Waals surface area contributed by atoms with E-state index in [0.717, 1.165) is 0 Å². The smallest absolute Gasteiger partial charge is 0.293 e. The van der Waals surface area contributed by atoms with Crippen molar-refractivity contribution in [2.75, 3.05) is 6.61 Å². The normalized spacial score (nSPS) is 15.0. The third kappa shape index (κ3) is 11.6. The van der Waals surface area contributed by atoms with Crippen LogP contribution in [-0.2, 0) is 29.3 Å². The maximum atomic E-state index is 12.1. The first-order valence-corrected chi connectivity index (χ1v) is 10.2. The van der Waals surface area contributed by atoms with Crippen LogP contribution in [0.15, 0.2) is 30.3 Å². The molecule has 0 fully saturated rings. The number of hydrogen-bond donors (Lipinski definition) is 0. The molecular formula is C23H38O7. The zero-order valence-corrected chi connectivity index (χ0v) is 19.9. The van der Waals surface area contributed by atoms with Crippen LogP contribution in [0.2, 0.25) is 0 Å². The predicted molar refractivity (Wildman–Crippen MR) is 113 cm³/mol. The van der Waals surface area contributed by atoms with Crippen molar-refractivity contribution in [1.82, 2.24) is 0 Å². The Kier molecular flexibility index (Phi) is 9.45. The lowest BCUT2D eigenvalue weighted by molar-refractivity contribution is -0.425. The monoisotopic (exact) mass is 426 g/mol. The average molecular weight is 427 g/mol. The fraction of sp³-hybridized carbons (Fsp3) is 0.696. The molecule has 0 amide bonds. The highest BCUT2D eigenvalue weighted by molar-refractivity contribution is 5.88. The molecular weight excluding hydrogens is 388 g/mol. The molecule has 1 rings (SSSR count). The van der Waals surface area contributed by atoms with Gasteiger partial charge < -0.3 is 0 Å². The second-order valence-electron chi connectivity index (χ2n) is 10.3. The zero-order chi connectivity index (χ0) is 23.1. The standard InChI is InChI=1S/C23H38O7/c1-20(2,3)27-29-22(7,8)15-16-23(9,30-28-21(4,5)6)17-25-26-19(24)18-13-11-10-12-14-18/h10-14H,15-17H2,1-9H3. The molecule has 0 aliphatic rings. The fourth-order valence-electron chi connectivity index (χ4n) is 2.04. The molecule has 1 aromatic carbocycles. The van der Waals surface area contributed by atoms with Crippen LogP contribution in [0.4, 0.5) is 0 Å². The van der Waals surface area contributed by atoms with Crippen molar-refractivity contribution in [2.24, 2.45) is 0 Å². The Morgan fingerprint density at radius 1 is 0.733 bits per heavy atom. The minimum Gasteiger partial charge on any atom is -0.293 e. The van der Waals surface area contributed by atoms with Crippen LogP contribution >= 0.6 is 0 Å². The first kappa shape index (κ1) is 26.5. The molecule has 0 aliphatic carbocycles. The highest BCUT2D eigenvalue weighted by Gasteiger charge is 2.35. The summed E-state index contributed by atoms with van der Waals surface area (Å²) < 4.78 is 0. The molecule has 0 spiro atoms. The van der Waals surface area contributed by atoms with Crippen molar-refractivity contribution >= 4 is 5.97 Å². The van der Waals surface area contributed by atoms with Gasteiger partial charge in [0.2, 0.25) is 0 Å². The van der Waals surface area contributed by atoms with Crippen molar-refractivity contribution in [1.29, 1.82) is 0 Å². The Bertz CT molecular complexity index is 644. The summed E-state index contributed by atoms with van der Waals surface area (Å²) in [7, 11) is 0. The summed E-state index contributed by atoms with van der Waals surface area (Å²) in [5, 5.41) is 0. The highest BCUT2D eigenvalue weighted by atomic mass is 17.2. The molecule has 172 valence electrons. The van der Waals surface area contributed by atoms with Crippen LogP contribution in [0.25, 0.3) is 0 Å². The van der Waals surface area contributed by atoms with Crippen LogP contribution in [0.5, 0.6) is 0 Å². The van der Waals surface area contributed by atoms with E-state index < -0.39 is 28.4 Å². The highest BCUT2D eigenvalue weighted by Crippen LogP contribution is 2.28. The Labute approximate surface area is 180 Å². The van der Waals surface area contributed by atoms with Gasteiger partial charge in [-0.05, 0) is 87.3 Å². The lowest BCUT2D eigenvalue weighted by Crippen LogP contribution is -2.40. The molecule has 0 bridgehead atoms. The van der Waals surface area contributed by atoms with Crippen molar-refractivity contribution in [2.45, 2.75) is 97.6 Å². The summed E-state index contributed by atoms with van der Waals surface area (Å²) in [6, 6.07) is 8.63. The van der Waals surface area contributed by atoms with Gasteiger partial charge in [-0.25, -0.2) is 24.3 Å². The van der Waals surface area contributed by atoms with Crippen LogP contribution in [-0.4, -0.2) is 35.0 Å². The van der Waals surface area contributed by atoms with Crippen LogP contribution in [0.3, 0.4) is 0 Å². The molecule has 1 atom stereocenters. The van der Waals surface area contributed by atoms with Gasteiger partial charge in [-0.3, -0.25) is 4.89 Å². The van der Waals surface area contributed by atoms with Gasteiger partial charge in [0.05, 0.1) is 22.4 Å². The predicted octanol–water partition coefficient (Wildman–Crippen LogP) is 5.59. The maximum absolute atomic E-state index is 12.1. The van der Waals surface area contributed by atoms with Gasteiger partial charge in [0.15, 0.2) is 0 Å². The summed E-state index contributed by atoms with van der Waals surface area (Å²) in [5.41, 5.74) is -1.97. The van der Waals surface area contributed by atoms with E-state index in [-0.39, 0.29) is 6.61 Å². The van der Waals surface area contributed by atoms with E-state index in [4.69, 9.17) is 29.3 Å². The van der Waals surface area contributed by atoms with Crippen molar-refractivity contribution < 1.29 is 34.1 Å². The summed E-state index contributed by atoms with van der Waals surface area (Å²) in [6.07, 6.45) is 1.09. The number of hydrogen-bond acceptors (Lipinski definition) is 7.